The van der Waals surface area contributed by atoms with Gasteiger partial charge in [0.2, 0.25) is 5.95 Å². The van der Waals surface area contributed by atoms with E-state index in [4.69, 9.17) is 19.3 Å². The number of tetrazole rings is 1. The maximum atomic E-state index is 12.5. The van der Waals surface area contributed by atoms with E-state index in [0.29, 0.717) is 47.2 Å². The van der Waals surface area contributed by atoms with Crippen molar-refractivity contribution >= 4 is 11.6 Å². The summed E-state index contributed by atoms with van der Waals surface area (Å²) in [5.41, 5.74) is 2.32. The van der Waals surface area contributed by atoms with Gasteiger partial charge in [0.1, 0.15) is 29.9 Å². The largest absolute Gasteiger partial charge is 0.522 e. The number of halogens is 3. The molecule has 0 spiro atoms. The number of alkyl halides is 3. The summed E-state index contributed by atoms with van der Waals surface area (Å²) in [5, 5.41) is 28.7. The highest BCUT2D eigenvalue weighted by Crippen LogP contribution is 2.39. The Bertz CT molecular complexity index is 1790. The number of fused-ring (bicyclic) bond motifs is 2. The van der Waals surface area contributed by atoms with E-state index in [1.54, 1.807) is 35.3 Å². The van der Waals surface area contributed by atoms with Gasteiger partial charge in [-0.15, -0.1) is 23.4 Å². The number of nitriles is 1. The fraction of sp³-hybridized carbons (Fsp3) is 0.559. The molecular weight excluding hydrogens is 683 g/mol. The molecule has 0 radical (unpaired) electrons. The molecule has 2 bridgehead atoms. The molecule has 1 saturated carbocycles. The van der Waals surface area contributed by atoms with Crippen LogP contribution in [-0.2, 0) is 16.0 Å². The third-order valence-corrected chi connectivity index (χ3v) is 9.75. The Balaban J connectivity index is 1.03. The standard InChI is InChI=1S/C34H40F3N11O4/c1-22(17-46-21-41-44-45-46)52-31-13-23(3-4-24(31)14-38)25-15-39-33(40-16-25)42-30-18-47(43-32(30)50-11-2-12-51-34(35,36)37)26-5-7-27(8-6-26)48-28-9-10-29(48)20-49-19-28/h3-4,13,15-16,18,21-22,26-29H,2,5-12,17,19-20H2,1H3,(H,39,40,42)/t22-,26-,27-,28-,29+/m0/s1. The number of morpholine rings is 1. The van der Waals surface area contributed by atoms with Gasteiger partial charge in [-0.2, -0.15) is 5.26 Å². The lowest BCUT2D eigenvalue weighted by Gasteiger charge is -2.43. The van der Waals surface area contributed by atoms with Gasteiger partial charge in [-0.3, -0.25) is 14.3 Å². The summed E-state index contributed by atoms with van der Waals surface area (Å²) in [7, 11) is 0. The third-order valence-electron chi connectivity index (χ3n) is 9.75. The molecule has 3 aliphatic rings. The summed E-state index contributed by atoms with van der Waals surface area (Å²) in [6.45, 7) is 3.33. The van der Waals surface area contributed by atoms with Crippen molar-refractivity contribution < 1.29 is 32.1 Å². The molecule has 3 fully saturated rings. The molecule has 3 atom stereocenters. The van der Waals surface area contributed by atoms with E-state index in [0.717, 1.165) is 44.5 Å². The van der Waals surface area contributed by atoms with Crippen molar-refractivity contribution in [3.8, 4) is 28.8 Å². The van der Waals surface area contributed by atoms with Crippen molar-refractivity contribution in [1.82, 2.24) is 44.9 Å². The Labute approximate surface area is 298 Å². The first-order valence-electron chi connectivity index (χ1n) is 17.5. The molecule has 2 aliphatic heterocycles. The number of aromatic nitrogens is 8. The lowest BCUT2D eigenvalue weighted by atomic mass is 9.89. The van der Waals surface area contributed by atoms with E-state index in [-0.39, 0.29) is 37.0 Å². The van der Waals surface area contributed by atoms with Crippen molar-refractivity contribution in [2.45, 2.75) is 95.0 Å². The zero-order valence-corrected chi connectivity index (χ0v) is 28.7. The topological polar surface area (TPSA) is 163 Å². The van der Waals surface area contributed by atoms with Crippen LogP contribution < -0.4 is 14.8 Å². The molecule has 18 heteroatoms. The molecule has 1 aliphatic carbocycles. The first-order valence-corrected chi connectivity index (χ1v) is 17.5. The van der Waals surface area contributed by atoms with E-state index in [2.05, 4.69) is 46.5 Å². The van der Waals surface area contributed by atoms with Crippen LogP contribution >= 0.6 is 0 Å². The molecule has 15 nitrogen and oxygen atoms in total. The average molecular weight is 724 g/mol. The van der Waals surface area contributed by atoms with Crippen LogP contribution in [0.4, 0.5) is 24.8 Å². The highest BCUT2D eigenvalue weighted by Gasteiger charge is 2.42. The smallest absolute Gasteiger partial charge is 0.487 e. The number of hydrogen-bond donors (Lipinski definition) is 1. The summed E-state index contributed by atoms with van der Waals surface area (Å²) >= 11 is 0. The Morgan fingerprint density at radius 1 is 1.00 bits per heavy atom. The normalized spacial score (nSPS) is 22.5. The summed E-state index contributed by atoms with van der Waals surface area (Å²) < 4.78 is 62.5. The van der Waals surface area contributed by atoms with Gasteiger partial charge in [-0.05, 0) is 73.6 Å². The fourth-order valence-electron chi connectivity index (χ4n) is 7.38. The number of nitrogens with one attached hydrogen (secondary N) is 1. The van der Waals surface area contributed by atoms with Crippen LogP contribution in [0.25, 0.3) is 11.1 Å². The maximum absolute atomic E-state index is 12.5. The minimum Gasteiger partial charge on any atom is -0.487 e. The molecule has 276 valence electrons. The van der Waals surface area contributed by atoms with Gasteiger partial charge in [0, 0.05) is 42.5 Å². The number of benzene rings is 1. The zero-order valence-electron chi connectivity index (χ0n) is 28.7. The average Bonchev–Trinajstić information content (AvgIpc) is 3.86. The predicted molar refractivity (Wildman–Crippen MR) is 178 cm³/mol. The van der Waals surface area contributed by atoms with E-state index in [1.165, 1.54) is 19.2 Å². The van der Waals surface area contributed by atoms with Crippen LogP contribution in [0.3, 0.4) is 0 Å². The molecule has 0 amide bonds. The number of anilines is 2. The Morgan fingerprint density at radius 3 is 2.42 bits per heavy atom. The van der Waals surface area contributed by atoms with E-state index >= 15 is 0 Å². The minimum atomic E-state index is -4.70. The van der Waals surface area contributed by atoms with Crippen molar-refractivity contribution in [3.63, 3.8) is 0 Å². The number of rotatable bonds is 14. The lowest BCUT2D eigenvalue weighted by Crippen LogP contribution is -2.52. The highest BCUT2D eigenvalue weighted by molar-refractivity contribution is 5.67. The SMILES string of the molecule is C[C@@H](Cn1cnnn1)Oc1cc(-c2cnc(Nc3cn([C@H]4CC[C@H](N5[C@@H]6CC[C@H]5COC6)CC4)nc3OCCCOC(F)(F)F)nc2)ccc1C#N. The van der Waals surface area contributed by atoms with Crippen molar-refractivity contribution in [1.29, 1.82) is 5.26 Å². The minimum absolute atomic E-state index is 0.0223. The second-order valence-corrected chi connectivity index (χ2v) is 13.4. The molecule has 7 rings (SSSR count). The van der Waals surface area contributed by atoms with Crippen LogP contribution in [0.2, 0.25) is 0 Å². The number of nitrogens with zero attached hydrogens (tertiary/aromatic N) is 10. The van der Waals surface area contributed by atoms with Gasteiger partial charge in [0.25, 0.3) is 5.88 Å². The number of hydrogen-bond acceptors (Lipinski definition) is 13. The van der Waals surface area contributed by atoms with E-state index in [1.807, 2.05) is 17.8 Å². The van der Waals surface area contributed by atoms with Crippen LogP contribution in [0.1, 0.15) is 63.5 Å². The quantitative estimate of drug-likeness (QED) is 0.172. The summed E-state index contributed by atoms with van der Waals surface area (Å²) in [6, 6.07) is 9.09. The van der Waals surface area contributed by atoms with Gasteiger partial charge in [0.15, 0.2) is 0 Å². The van der Waals surface area contributed by atoms with Gasteiger partial charge in [0.05, 0.1) is 50.8 Å². The lowest BCUT2D eigenvalue weighted by molar-refractivity contribution is -0.324. The molecule has 1 aromatic carbocycles. The fourth-order valence-corrected chi connectivity index (χ4v) is 7.38. The van der Waals surface area contributed by atoms with Gasteiger partial charge < -0.3 is 19.5 Å². The molecule has 3 aromatic heterocycles. The van der Waals surface area contributed by atoms with Crippen LogP contribution in [-0.4, -0.2) is 102 Å². The second kappa shape index (κ2) is 15.8. The predicted octanol–water partition coefficient (Wildman–Crippen LogP) is 5.06. The Hall–Kier alpha value is -4.86. The molecule has 0 unspecified atom stereocenters. The molecule has 4 aromatic rings. The van der Waals surface area contributed by atoms with Gasteiger partial charge >= 0.3 is 6.36 Å². The van der Waals surface area contributed by atoms with Crippen molar-refractivity contribution in [3.05, 3.63) is 48.7 Å². The Kier molecular flexibility index (Phi) is 10.8. The number of ether oxygens (including phenoxy) is 4. The molecule has 5 heterocycles. The van der Waals surface area contributed by atoms with E-state index < -0.39 is 13.0 Å². The Morgan fingerprint density at radius 2 is 1.73 bits per heavy atom. The highest BCUT2D eigenvalue weighted by atomic mass is 19.4. The van der Waals surface area contributed by atoms with Gasteiger partial charge in [-0.25, -0.2) is 14.6 Å². The van der Waals surface area contributed by atoms with Crippen LogP contribution in [0.5, 0.6) is 11.6 Å². The van der Waals surface area contributed by atoms with Crippen molar-refractivity contribution in [2.24, 2.45) is 0 Å². The summed E-state index contributed by atoms with van der Waals surface area (Å²) in [5.74, 6) is 0.932. The molecule has 2 saturated heterocycles. The first kappa shape index (κ1) is 35.5. The molecule has 52 heavy (non-hydrogen) atoms. The van der Waals surface area contributed by atoms with Gasteiger partial charge in [-0.1, -0.05) is 6.07 Å². The first-order chi connectivity index (χ1) is 25.2. The van der Waals surface area contributed by atoms with E-state index in [9.17, 15) is 18.4 Å². The molecule has 1 N–H and O–H groups in total. The molecular formula is C34H40F3N11O4. The monoisotopic (exact) mass is 723 g/mol. The summed E-state index contributed by atoms with van der Waals surface area (Å²) in [4.78, 5) is 11.7. The zero-order chi connectivity index (χ0) is 36.1. The van der Waals surface area contributed by atoms with Crippen molar-refractivity contribution in [2.75, 3.05) is 31.7 Å². The third kappa shape index (κ3) is 8.60. The summed E-state index contributed by atoms with van der Waals surface area (Å²) in [6.07, 6.45) is 8.02. The van der Waals surface area contributed by atoms with Crippen LogP contribution in [0, 0.1) is 11.3 Å². The maximum Gasteiger partial charge on any atom is 0.522 e. The van der Waals surface area contributed by atoms with Crippen LogP contribution in [0.15, 0.2) is 43.1 Å². The second-order valence-electron chi connectivity index (χ2n) is 13.4.